The largest absolute Gasteiger partial charge is 0.480 e. The summed E-state index contributed by atoms with van der Waals surface area (Å²) in [5.41, 5.74) is 0.900. The smallest absolute Gasteiger partial charge is 0.290 e. The maximum Gasteiger partial charge on any atom is 0.290 e. The number of hydrogen-bond donors (Lipinski definition) is 1. The van der Waals surface area contributed by atoms with Crippen LogP contribution in [0.15, 0.2) is 81.7 Å². The zero-order valence-electron chi connectivity index (χ0n) is 16.8. The van der Waals surface area contributed by atoms with Gasteiger partial charge in [-0.25, -0.2) is 4.21 Å². The molecule has 11 heteroatoms. The summed E-state index contributed by atoms with van der Waals surface area (Å²) in [6.45, 7) is 1.85. The van der Waals surface area contributed by atoms with Gasteiger partial charge < -0.3 is 4.74 Å². The first-order chi connectivity index (χ1) is 14.6. The number of methoxy groups -OCH3 is 1. The summed E-state index contributed by atoms with van der Waals surface area (Å²) >= 11 is 5.89. The molecule has 1 atom stereocenters. The van der Waals surface area contributed by atoms with Gasteiger partial charge in [-0.3, -0.25) is 5.41 Å². The third kappa shape index (κ3) is 5.06. The number of sulfonamides is 1. The van der Waals surface area contributed by atoms with Gasteiger partial charge in [-0.2, -0.15) is 8.42 Å². The van der Waals surface area contributed by atoms with Crippen LogP contribution in [-0.4, -0.2) is 31.9 Å². The molecule has 3 rings (SSSR count). The van der Waals surface area contributed by atoms with Crippen molar-refractivity contribution in [3.8, 4) is 0 Å². The SMILES string of the molecule is COC(=N)c1cc(S(=O)(=NS(=O)(=O)c2ccc(C)cc2)c2cccc(Br)c2)c(SC)s1. The minimum Gasteiger partial charge on any atom is -0.480 e. The van der Waals surface area contributed by atoms with E-state index in [1.54, 1.807) is 42.7 Å². The number of aryl methyl sites for hydroxylation is 1. The quantitative estimate of drug-likeness (QED) is 0.234. The molecule has 0 aliphatic heterocycles. The van der Waals surface area contributed by atoms with E-state index in [0.29, 0.717) is 13.6 Å². The van der Waals surface area contributed by atoms with Crippen molar-refractivity contribution in [2.24, 2.45) is 3.77 Å². The summed E-state index contributed by atoms with van der Waals surface area (Å²) in [6, 6.07) is 14.4. The van der Waals surface area contributed by atoms with Crippen molar-refractivity contribution >= 4 is 64.7 Å². The van der Waals surface area contributed by atoms with Gasteiger partial charge in [0.15, 0.2) is 0 Å². The minimum atomic E-state index is -4.24. The number of hydrogen-bond acceptors (Lipinski definition) is 7. The van der Waals surface area contributed by atoms with Crippen LogP contribution >= 0.6 is 39.0 Å². The van der Waals surface area contributed by atoms with E-state index >= 15 is 0 Å². The maximum absolute atomic E-state index is 14.4. The van der Waals surface area contributed by atoms with Gasteiger partial charge in [0.1, 0.15) is 9.73 Å². The van der Waals surface area contributed by atoms with Gasteiger partial charge in [-0.1, -0.05) is 43.5 Å². The van der Waals surface area contributed by atoms with Crippen LogP contribution < -0.4 is 0 Å². The van der Waals surface area contributed by atoms with Gasteiger partial charge in [0, 0.05) is 4.47 Å². The Kier molecular flexibility index (Phi) is 7.32. The molecular formula is C20H19BrN2O4S4. The van der Waals surface area contributed by atoms with E-state index < -0.39 is 19.8 Å². The van der Waals surface area contributed by atoms with Crippen LogP contribution in [0.25, 0.3) is 0 Å². The number of nitrogens with one attached hydrogen (secondary N) is 1. The van der Waals surface area contributed by atoms with E-state index in [0.717, 1.165) is 5.56 Å². The Morgan fingerprint density at radius 1 is 1.10 bits per heavy atom. The highest BCUT2D eigenvalue weighted by molar-refractivity contribution is 9.10. The molecule has 1 N–H and O–H groups in total. The summed E-state index contributed by atoms with van der Waals surface area (Å²) in [6.07, 6.45) is 1.80. The first-order valence-corrected chi connectivity index (χ1v) is 14.6. The fraction of sp³-hybridized carbons (Fsp3) is 0.150. The molecule has 0 saturated carbocycles. The van der Waals surface area contributed by atoms with Crippen LogP contribution in [0.5, 0.6) is 0 Å². The molecule has 0 saturated heterocycles. The van der Waals surface area contributed by atoms with Crippen molar-refractivity contribution < 1.29 is 17.4 Å². The van der Waals surface area contributed by atoms with E-state index in [-0.39, 0.29) is 20.6 Å². The monoisotopic (exact) mass is 558 g/mol. The fourth-order valence-corrected chi connectivity index (χ4v) is 9.80. The molecule has 6 nitrogen and oxygen atoms in total. The molecule has 3 aromatic rings. The van der Waals surface area contributed by atoms with E-state index in [1.165, 1.54) is 48.4 Å². The number of rotatable bonds is 6. The average molecular weight is 560 g/mol. The third-order valence-electron chi connectivity index (χ3n) is 4.21. The second kappa shape index (κ2) is 9.45. The second-order valence-electron chi connectivity index (χ2n) is 6.35. The summed E-state index contributed by atoms with van der Waals surface area (Å²) in [5, 5.41) is 7.97. The molecule has 0 fully saturated rings. The summed E-state index contributed by atoms with van der Waals surface area (Å²) in [4.78, 5) is 0.899. The number of nitrogens with zero attached hydrogens (tertiary/aromatic N) is 1. The molecule has 1 aromatic heterocycles. The van der Waals surface area contributed by atoms with Gasteiger partial charge in [0.2, 0.25) is 5.90 Å². The van der Waals surface area contributed by atoms with Crippen LogP contribution in [0.3, 0.4) is 0 Å². The van der Waals surface area contributed by atoms with Crippen LogP contribution in [-0.2, 0) is 24.5 Å². The molecule has 0 aliphatic rings. The zero-order chi connectivity index (χ0) is 22.8. The third-order valence-corrected chi connectivity index (χ3v) is 11.5. The summed E-state index contributed by atoms with van der Waals surface area (Å²) in [7, 11) is -6.47. The second-order valence-corrected chi connectivity index (χ2v) is 13.4. The van der Waals surface area contributed by atoms with Crippen LogP contribution in [0.1, 0.15) is 10.4 Å². The van der Waals surface area contributed by atoms with E-state index in [2.05, 4.69) is 19.7 Å². The topological polar surface area (TPSA) is 96.7 Å². The average Bonchev–Trinajstić information content (AvgIpc) is 3.18. The van der Waals surface area contributed by atoms with Gasteiger partial charge >= 0.3 is 0 Å². The van der Waals surface area contributed by atoms with Gasteiger partial charge in [0.05, 0.1) is 30.9 Å². The first kappa shape index (κ1) is 24.0. The lowest BCUT2D eigenvalue weighted by Gasteiger charge is -2.12. The lowest BCUT2D eigenvalue weighted by atomic mass is 10.2. The predicted octanol–water partition coefficient (Wildman–Crippen LogP) is 5.79. The van der Waals surface area contributed by atoms with Crippen molar-refractivity contribution in [2.75, 3.05) is 13.4 Å². The van der Waals surface area contributed by atoms with Crippen molar-refractivity contribution in [2.45, 2.75) is 25.8 Å². The summed E-state index contributed by atoms with van der Waals surface area (Å²) < 4.78 is 51.0. The van der Waals surface area contributed by atoms with Gasteiger partial charge in [-0.05, 0) is 49.6 Å². The molecule has 1 heterocycles. The first-order valence-electron chi connectivity index (χ1n) is 8.77. The highest BCUT2D eigenvalue weighted by Gasteiger charge is 2.28. The molecule has 2 aromatic carbocycles. The van der Waals surface area contributed by atoms with Gasteiger partial charge in [-0.15, -0.1) is 23.1 Å². The Labute approximate surface area is 198 Å². The molecule has 1 unspecified atom stereocenters. The lowest BCUT2D eigenvalue weighted by Crippen LogP contribution is -2.08. The number of halogens is 1. The highest BCUT2D eigenvalue weighted by Crippen LogP contribution is 2.39. The Bertz CT molecular complexity index is 1360. The van der Waals surface area contributed by atoms with Crippen LogP contribution in [0.4, 0.5) is 0 Å². The fourth-order valence-electron chi connectivity index (χ4n) is 2.65. The molecule has 0 amide bonds. The molecular weight excluding hydrogens is 540 g/mol. The molecule has 164 valence electrons. The summed E-state index contributed by atoms with van der Waals surface area (Å²) in [5.74, 6) is -0.0936. The number of thiophene rings is 1. The molecule has 0 radical (unpaired) electrons. The Balaban J connectivity index is 2.36. The molecule has 0 bridgehead atoms. The Morgan fingerprint density at radius 3 is 2.35 bits per heavy atom. The standard InChI is InChI=1S/C20H19BrN2O4S4/c1-13-7-9-15(10-8-13)31(25,26)23-30(24,16-6-4-5-14(21)11-16)18-12-17(19(22)27-2)29-20(18)28-3/h4-12,22H,1-3H3. The predicted molar refractivity (Wildman–Crippen MR) is 130 cm³/mol. The van der Waals surface area contributed by atoms with Crippen LogP contribution in [0, 0.1) is 12.3 Å². The van der Waals surface area contributed by atoms with E-state index in [4.69, 9.17) is 10.1 Å². The van der Waals surface area contributed by atoms with E-state index in [1.807, 2.05) is 6.92 Å². The zero-order valence-corrected chi connectivity index (χ0v) is 21.6. The minimum absolute atomic E-state index is 0.0355. The molecule has 0 spiro atoms. The maximum atomic E-state index is 14.4. The van der Waals surface area contributed by atoms with Gasteiger partial charge in [0.25, 0.3) is 10.0 Å². The Morgan fingerprint density at radius 2 is 1.77 bits per heavy atom. The molecule has 0 aliphatic carbocycles. The van der Waals surface area contributed by atoms with Crippen molar-refractivity contribution in [3.63, 3.8) is 0 Å². The number of thioether (sulfide) groups is 1. The Hall–Kier alpha value is -1.66. The van der Waals surface area contributed by atoms with Crippen molar-refractivity contribution in [1.82, 2.24) is 0 Å². The highest BCUT2D eigenvalue weighted by atomic mass is 79.9. The lowest BCUT2D eigenvalue weighted by molar-refractivity contribution is 0.402. The van der Waals surface area contributed by atoms with E-state index in [9.17, 15) is 12.6 Å². The number of benzene rings is 2. The van der Waals surface area contributed by atoms with Crippen LogP contribution in [0.2, 0.25) is 0 Å². The number of ether oxygens (including phenoxy) is 1. The van der Waals surface area contributed by atoms with Crippen molar-refractivity contribution in [3.05, 3.63) is 69.5 Å². The van der Waals surface area contributed by atoms with Crippen molar-refractivity contribution in [1.29, 1.82) is 5.41 Å². The molecule has 31 heavy (non-hydrogen) atoms. The normalized spacial score (nSPS) is 13.4.